The molecule has 206 valence electrons. The first-order chi connectivity index (χ1) is 17.4. The van der Waals surface area contributed by atoms with Gasteiger partial charge < -0.3 is 25.4 Å². The molecule has 0 spiro atoms. The molecule has 0 radical (unpaired) electrons. The van der Waals surface area contributed by atoms with Crippen LogP contribution in [0.2, 0.25) is 10.0 Å². The number of hydrogen-bond acceptors (Lipinski definition) is 6. The minimum Gasteiger partial charge on any atom is -0.460 e. The lowest BCUT2D eigenvalue weighted by Crippen LogP contribution is -2.46. The molecular weight excluding hydrogens is 540 g/mol. The van der Waals surface area contributed by atoms with Crippen LogP contribution in [0.1, 0.15) is 58.3 Å². The number of amides is 3. The Balaban J connectivity index is 2.29. The van der Waals surface area contributed by atoms with Gasteiger partial charge in [0.05, 0.1) is 33.4 Å². The van der Waals surface area contributed by atoms with E-state index in [0.717, 1.165) is 18.2 Å². The molecule has 12 heteroatoms. The van der Waals surface area contributed by atoms with Crippen molar-refractivity contribution in [3.63, 3.8) is 0 Å². The maximum atomic E-state index is 14.0. The molecule has 2 aromatic carbocycles. The van der Waals surface area contributed by atoms with Gasteiger partial charge in [0.2, 0.25) is 0 Å². The summed E-state index contributed by atoms with van der Waals surface area (Å²) < 4.78 is 24.7. The minimum atomic E-state index is -1.43. The van der Waals surface area contributed by atoms with Crippen molar-refractivity contribution in [3.05, 3.63) is 57.8 Å². The zero-order valence-corrected chi connectivity index (χ0v) is 23.3. The van der Waals surface area contributed by atoms with Gasteiger partial charge in [0, 0.05) is 0 Å². The predicted octanol–water partition coefficient (Wildman–Crippen LogP) is 5.95. The van der Waals surface area contributed by atoms with Crippen LogP contribution in [-0.4, -0.2) is 41.1 Å². The van der Waals surface area contributed by atoms with E-state index in [4.69, 9.17) is 32.7 Å². The first kappa shape index (κ1) is 30.9. The van der Waals surface area contributed by atoms with E-state index in [9.17, 15) is 23.6 Å². The van der Waals surface area contributed by atoms with E-state index < -0.39 is 53.4 Å². The molecule has 0 aliphatic carbocycles. The highest BCUT2D eigenvalue weighted by molar-refractivity contribution is 6.39. The van der Waals surface area contributed by atoms with Crippen LogP contribution in [0.5, 0.6) is 0 Å². The number of esters is 2. The van der Waals surface area contributed by atoms with Crippen molar-refractivity contribution in [1.29, 1.82) is 0 Å². The van der Waals surface area contributed by atoms with E-state index in [2.05, 4.69) is 16.0 Å². The van der Waals surface area contributed by atoms with Crippen LogP contribution in [0.4, 0.5) is 20.6 Å². The molecule has 0 saturated heterocycles. The Labute approximate surface area is 230 Å². The second kappa shape index (κ2) is 12.4. The van der Waals surface area contributed by atoms with E-state index in [1.54, 1.807) is 47.6 Å². The van der Waals surface area contributed by atoms with Gasteiger partial charge in [0.15, 0.2) is 0 Å². The van der Waals surface area contributed by atoms with Crippen LogP contribution in [0.25, 0.3) is 0 Å². The smallest absolute Gasteiger partial charge is 0.329 e. The lowest BCUT2D eigenvalue weighted by atomic mass is 10.1. The Bertz CT molecular complexity index is 1200. The molecule has 2 rings (SSSR count). The summed E-state index contributed by atoms with van der Waals surface area (Å²) in [7, 11) is 0. The molecule has 0 bridgehead atoms. The number of ether oxygens (including phenoxy) is 2. The SMILES string of the molecule is CC(C)(C)OC(=O)C[C@H](NC(=O)c1ccc(F)cc1NC(=O)Nc1c(Cl)cccc1Cl)C(=O)OC(C)(C)C. The zero-order chi connectivity index (χ0) is 28.8. The normalized spacial score (nSPS) is 12.2. The van der Waals surface area contributed by atoms with Crippen molar-refractivity contribution in [3.8, 4) is 0 Å². The average molecular weight is 570 g/mol. The lowest BCUT2D eigenvalue weighted by molar-refractivity contribution is -0.164. The molecule has 0 saturated carbocycles. The summed E-state index contributed by atoms with van der Waals surface area (Å²) in [5.41, 5.74) is -2.04. The fourth-order valence-corrected chi connectivity index (χ4v) is 3.55. The second-order valence-corrected chi connectivity index (χ2v) is 11.0. The molecule has 1 atom stereocenters. The molecule has 0 unspecified atom stereocenters. The van der Waals surface area contributed by atoms with E-state index in [-0.39, 0.29) is 27.0 Å². The van der Waals surface area contributed by atoms with Gasteiger partial charge in [-0.05, 0) is 71.9 Å². The molecule has 0 aliphatic heterocycles. The summed E-state index contributed by atoms with van der Waals surface area (Å²) in [5.74, 6) is -3.25. The van der Waals surface area contributed by atoms with Crippen LogP contribution >= 0.6 is 23.2 Å². The number of nitrogens with one attached hydrogen (secondary N) is 3. The summed E-state index contributed by atoms with van der Waals surface area (Å²) >= 11 is 12.1. The number of anilines is 2. The maximum absolute atomic E-state index is 14.0. The number of halogens is 3. The molecular formula is C26H30Cl2FN3O6. The average Bonchev–Trinajstić information content (AvgIpc) is 2.73. The third-order valence-corrected chi connectivity index (χ3v) is 5.09. The first-order valence-corrected chi connectivity index (χ1v) is 12.3. The highest BCUT2D eigenvalue weighted by atomic mass is 35.5. The predicted molar refractivity (Wildman–Crippen MR) is 143 cm³/mol. The number of rotatable bonds is 7. The molecule has 0 aromatic heterocycles. The van der Waals surface area contributed by atoms with Crippen molar-refractivity contribution in [2.24, 2.45) is 0 Å². The van der Waals surface area contributed by atoms with Gasteiger partial charge >= 0.3 is 18.0 Å². The maximum Gasteiger partial charge on any atom is 0.329 e. The Hall–Kier alpha value is -3.37. The lowest BCUT2D eigenvalue weighted by Gasteiger charge is -2.26. The standard InChI is InChI=1S/C26H30Cl2FN3O6/c1-25(2,3)37-20(33)13-19(23(35)38-26(4,5)6)30-22(34)15-11-10-14(29)12-18(15)31-24(36)32-21-16(27)8-7-9-17(21)28/h7-12,19H,13H2,1-6H3,(H,30,34)(H2,31,32,36)/t19-/m0/s1. The Kier molecular flexibility index (Phi) is 10.1. The number of urea groups is 1. The number of hydrogen-bond donors (Lipinski definition) is 3. The van der Waals surface area contributed by atoms with E-state index in [1.807, 2.05) is 0 Å². The molecule has 0 fully saturated rings. The highest BCUT2D eigenvalue weighted by Crippen LogP contribution is 2.30. The molecule has 3 amide bonds. The largest absolute Gasteiger partial charge is 0.460 e. The zero-order valence-electron chi connectivity index (χ0n) is 21.8. The fraction of sp³-hybridized carbons (Fsp3) is 0.385. The Morgan fingerprint density at radius 3 is 2.03 bits per heavy atom. The molecule has 38 heavy (non-hydrogen) atoms. The van der Waals surface area contributed by atoms with Gasteiger partial charge in [-0.25, -0.2) is 14.0 Å². The minimum absolute atomic E-state index is 0.109. The van der Waals surface area contributed by atoms with Crippen molar-refractivity contribution in [2.45, 2.75) is 65.2 Å². The van der Waals surface area contributed by atoms with Crippen LogP contribution in [0, 0.1) is 5.82 Å². The van der Waals surface area contributed by atoms with Gasteiger partial charge in [-0.3, -0.25) is 9.59 Å². The quantitative estimate of drug-likeness (QED) is 0.354. The monoisotopic (exact) mass is 569 g/mol. The number of carbonyl (C=O) groups excluding carboxylic acids is 4. The summed E-state index contributed by atoms with van der Waals surface area (Å²) in [6.07, 6.45) is -0.520. The highest BCUT2D eigenvalue weighted by Gasteiger charge is 2.31. The van der Waals surface area contributed by atoms with Crippen molar-refractivity contribution >= 4 is 58.5 Å². The number of para-hydroxylation sites is 1. The molecule has 0 heterocycles. The second-order valence-electron chi connectivity index (χ2n) is 10.2. The van der Waals surface area contributed by atoms with Crippen molar-refractivity contribution in [2.75, 3.05) is 10.6 Å². The van der Waals surface area contributed by atoms with Gasteiger partial charge in [-0.2, -0.15) is 0 Å². The van der Waals surface area contributed by atoms with Crippen molar-refractivity contribution in [1.82, 2.24) is 5.32 Å². The third-order valence-electron chi connectivity index (χ3n) is 4.46. The van der Waals surface area contributed by atoms with Gasteiger partial charge in [0.1, 0.15) is 23.1 Å². The van der Waals surface area contributed by atoms with Gasteiger partial charge in [-0.15, -0.1) is 0 Å². The Morgan fingerprint density at radius 2 is 1.47 bits per heavy atom. The molecule has 3 N–H and O–H groups in total. The summed E-state index contributed by atoms with van der Waals surface area (Å²) in [4.78, 5) is 51.0. The number of benzene rings is 2. The van der Waals surface area contributed by atoms with Crippen LogP contribution in [0.15, 0.2) is 36.4 Å². The summed E-state index contributed by atoms with van der Waals surface area (Å²) in [6, 6.07) is 5.33. The first-order valence-electron chi connectivity index (χ1n) is 11.5. The summed E-state index contributed by atoms with van der Waals surface area (Å²) in [5, 5.41) is 7.56. The van der Waals surface area contributed by atoms with E-state index >= 15 is 0 Å². The van der Waals surface area contributed by atoms with Crippen molar-refractivity contribution < 1.29 is 33.0 Å². The summed E-state index contributed by atoms with van der Waals surface area (Å²) in [6.45, 7) is 9.85. The van der Waals surface area contributed by atoms with Gasteiger partial charge in [0.25, 0.3) is 5.91 Å². The van der Waals surface area contributed by atoms with Gasteiger partial charge in [-0.1, -0.05) is 29.3 Å². The van der Waals surface area contributed by atoms with Crippen LogP contribution in [-0.2, 0) is 19.1 Å². The fourth-order valence-electron chi connectivity index (χ4n) is 3.05. The molecule has 2 aromatic rings. The third kappa shape index (κ3) is 9.83. The molecule has 9 nitrogen and oxygen atoms in total. The van der Waals surface area contributed by atoms with E-state index in [1.165, 1.54) is 12.1 Å². The topological polar surface area (TPSA) is 123 Å². The Morgan fingerprint density at radius 1 is 0.895 bits per heavy atom. The molecule has 0 aliphatic rings. The van der Waals surface area contributed by atoms with Crippen LogP contribution < -0.4 is 16.0 Å². The number of carbonyl (C=O) groups is 4. The van der Waals surface area contributed by atoms with Crippen LogP contribution in [0.3, 0.4) is 0 Å². The van der Waals surface area contributed by atoms with E-state index in [0.29, 0.717) is 0 Å².